The van der Waals surface area contributed by atoms with E-state index in [1.165, 1.54) is 16.6 Å². The molecule has 2 aromatic rings. The summed E-state index contributed by atoms with van der Waals surface area (Å²) in [6, 6.07) is 2.71. The van der Waals surface area contributed by atoms with Crippen LogP contribution in [-0.4, -0.2) is 21.1 Å². The van der Waals surface area contributed by atoms with E-state index >= 15 is 0 Å². The molecule has 0 spiro atoms. The van der Waals surface area contributed by atoms with Crippen LogP contribution in [0.1, 0.15) is 10.5 Å². The highest BCUT2D eigenvalue weighted by Crippen LogP contribution is 2.06. The molecule has 0 aliphatic heterocycles. The van der Waals surface area contributed by atoms with Crippen molar-refractivity contribution in [3.63, 3.8) is 0 Å². The standard InChI is InChI=1S/C7H4FN3O/c8-5-1-2-7-6(4-12)9-10-11(7)3-5/h1-4H. The van der Waals surface area contributed by atoms with Gasteiger partial charge in [-0.1, -0.05) is 5.21 Å². The number of aldehydes is 1. The predicted molar refractivity (Wildman–Crippen MR) is 38.3 cm³/mol. The first kappa shape index (κ1) is 6.90. The largest absolute Gasteiger partial charge is 0.296 e. The lowest BCUT2D eigenvalue weighted by Crippen LogP contribution is -1.88. The maximum absolute atomic E-state index is 12.6. The second-order valence-corrected chi connectivity index (χ2v) is 2.27. The summed E-state index contributed by atoms with van der Waals surface area (Å²) in [7, 11) is 0. The Kier molecular flexibility index (Phi) is 1.36. The van der Waals surface area contributed by atoms with E-state index in [-0.39, 0.29) is 5.69 Å². The summed E-state index contributed by atoms with van der Waals surface area (Å²) in [5, 5.41) is 7.08. The maximum Gasteiger partial charge on any atom is 0.172 e. The highest BCUT2D eigenvalue weighted by molar-refractivity contribution is 5.82. The number of hydrogen-bond donors (Lipinski definition) is 0. The van der Waals surface area contributed by atoms with Gasteiger partial charge in [0.15, 0.2) is 12.0 Å². The van der Waals surface area contributed by atoms with Crippen LogP contribution in [0.15, 0.2) is 18.3 Å². The van der Waals surface area contributed by atoms with Crippen molar-refractivity contribution in [3.8, 4) is 0 Å². The first-order chi connectivity index (χ1) is 5.81. The summed E-state index contributed by atoms with van der Waals surface area (Å²) < 4.78 is 13.8. The van der Waals surface area contributed by atoms with E-state index in [1.54, 1.807) is 0 Å². The fourth-order valence-electron chi connectivity index (χ4n) is 0.973. The number of carbonyl (C=O) groups is 1. The Bertz CT molecular complexity index is 437. The van der Waals surface area contributed by atoms with Gasteiger partial charge in [-0.2, -0.15) is 0 Å². The molecule has 0 fully saturated rings. The fourth-order valence-corrected chi connectivity index (χ4v) is 0.973. The molecule has 0 unspecified atom stereocenters. The maximum atomic E-state index is 12.6. The van der Waals surface area contributed by atoms with Crippen molar-refractivity contribution < 1.29 is 9.18 Å². The molecule has 0 amide bonds. The molecule has 4 nitrogen and oxygen atoms in total. The number of nitrogens with zero attached hydrogens (tertiary/aromatic N) is 3. The van der Waals surface area contributed by atoms with Crippen LogP contribution in [0.25, 0.3) is 5.52 Å². The van der Waals surface area contributed by atoms with Crippen molar-refractivity contribution in [1.82, 2.24) is 14.8 Å². The van der Waals surface area contributed by atoms with Gasteiger partial charge in [0.2, 0.25) is 0 Å². The van der Waals surface area contributed by atoms with E-state index in [9.17, 15) is 9.18 Å². The van der Waals surface area contributed by atoms with Gasteiger partial charge in [-0.05, 0) is 12.1 Å². The molecule has 0 aromatic carbocycles. The molecule has 0 atom stereocenters. The van der Waals surface area contributed by atoms with Gasteiger partial charge in [0.25, 0.3) is 0 Å². The average Bonchev–Trinajstić information content (AvgIpc) is 2.46. The quantitative estimate of drug-likeness (QED) is 0.584. The number of fused-ring (bicyclic) bond motifs is 1. The molecular weight excluding hydrogens is 161 g/mol. The molecule has 12 heavy (non-hydrogen) atoms. The van der Waals surface area contributed by atoms with E-state index < -0.39 is 5.82 Å². The Labute approximate surface area is 66.6 Å². The molecule has 60 valence electrons. The molecule has 0 saturated carbocycles. The highest BCUT2D eigenvalue weighted by atomic mass is 19.1. The van der Waals surface area contributed by atoms with Gasteiger partial charge in [0.05, 0.1) is 11.7 Å². The Morgan fingerprint density at radius 3 is 3.08 bits per heavy atom. The lowest BCUT2D eigenvalue weighted by atomic mass is 10.3. The Morgan fingerprint density at radius 1 is 1.50 bits per heavy atom. The van der Waals surface area contributed by atoms with Gasteiger partial charge in [-0.15, -0.1) is 5.10 Å². The monoisotopic (exact) mass is 165 g/mol. The van der Waals surface area contributed by atoms with Crippen LogP contribution in [0.2, 0.25) is 0 Å². The first-order valence-electron chi connectivity index (χ1n) is 3.27. The van der Waals surface area contributed by atoms with Gasteiger partial charge >= 0.3 is 0 Å². The van der Waals surface area contributed by atoms with E-state index in [1.807, 2.05) is 0 Å². The van der Waals surface area contributed by atoms with E-state index in [0.29, 0.717) is 11.8 Å². The fraction of sp³-hybridized carbons (Fsp3) is 0. The molecule has 0 radical (unpaired) electrons. The van der Waals surface area contributed by atoms with Gasteiger partial charge in [0.1, 0.15) is 5.82 Å². The van der Waals surface area contributed by atoms with Gasteiger partial charge < -0.3 is 0 Å². The molecule has 0 bridgehead atoms. The zero-order valence-electron chi connectivity index (χ0n) is 5.94. The first-order valence-corrected chi connectivity index (χ1v) is 3.27. The van der Waals surface area contributed by atoms with Crippen LogP contribution in [-0.2, 0) is 0 Å². The number of hydrogen-bond acceptors (Lipinski definition) is 3. The lowest BCUT2D eigenvalue weighted by molar-refractivity contribution is 0.112. The summed E-state index contributed by atoms with van der Waals surface area (Å²) in [5.74, 6) is -0.412. The minimum atomic E-state index is -0.412. The summed E-state index contributed by atoms with van der Waals surface area (Å²) in [5.41, 5.74) is 0.724. The molecule has 0 aliphatic carbocycles. The zero-order valence-corrected chi connectivity index (χ0v) is 5.94. The van der Waals surface area contributed by atoms with Crippen molar-refractivity contribution in [2.24, 2.45) is 0 Å². The third-order valence-corrected chi connectivity index (χ3v) is 1.52. The minimum Gasteiger partial charge on any atom is -0.296 e. The Morgan fingerprint density at radius 2 is 2.33 bits per heavy atom. The van der Waals surface area contributed by atoms with E-state index in [0.717, 1.165) is 6.20 Å². The lowest BCUT2D eigenvalue weighted by Gasteiger charge is -1.89. The van der Waals surface area contributed by atoms with Crippen molar-refractivity contribution >= 4 is 11.8 Å². The predicted octanol–water partition coefficient (Wildman–Crippen LogP) is 0.681. The summed E-state index contributed by atoms with van der Waals surface area (Å²) in [6.07, 6.45) is 1.75. The SMILES string of the molecule is O=Cc1nnn2cc(F)ccc12. The number of halogens is 1. The van der Waals surface area contributed by atoms with Crippen LogP contribution in [0.5, 0.6) is 0 Å². The molecule has 0 N–H and O–H groups in total. The Hall–Kier alpha value is -1.78. The third kappa shape index (κ3) is 0.868. The molecule has 2 rings (SSSR count). The molecular formula is C7H4FN3O. The summed E-state index contributed by atoms with van der Waals surface area (Å²) >= 11 is 0. The molecule has 0 aliphatic rings. The van der Waals surface area contributed by atoms with Gasteiger partial charge in [0, 0.05) is 0 Å². The van der Waals surface area contributed by atoms with Crippen LogP contribution in [0.4, 0.5) is 4.39 Å². The topological polar surface area (TPSA) is 47.3 Å². The van der Waals surface area contributed by atoms with Crippen LogP contribution < -0.4 is 0 Å². The molecule has 5 heteroatoms. The Balaban J connectivity index is 2.81. The van der Waals surface area contributed by atoms with Crippen LogP contribution in [0.3, 0.4) is 0 Å². The number of aromatic nitrogens is 3. The molecule has 0 saturated heterocycles. The zero-order chi connectivity index (χ0) is 8.55. The van der Waals surface area contributed by atoms with Crippen molar-refractivity contribution in [2.75, 3.05) is 0 Å². The van der Waals surface area contributed by atoms with Crippen molar-refractivity contribution in [3.05, 3.63) is 29.8 Å². The second kappa shape index (κ2) is 2.37. The van der Waals surface area contributed by atoms with E-state index in [4.69, 9.17) is 0 Å². The van der Waals surface area contributed by atoms with Crippen molar-refractivity contribution in [1.29, 1.82) is 0 Å². The second-order valence-electron chi connectivity index (χ2n) is 2.27. The van der Waals surface area contributed by atoms with Crippen LogP contribution in [0, 0.1) is 5.82 Å². The van der Waals surface area contributed by atoms with Gasteiger partial charge in [-0.25, -0.2) is 8.91 Å². The smallest absolute Gasteiger partial charge is 0.172 e. The normalized spacial score (nSPS) is 10.4. The summed E-state index contributed by atoms with van der Waals surface area (Å²) in [6.45, 7) is 0. The average molecular weight is 165 g/mol. The third-order valence-electron chi connectivity index (χ3n) is 1.52. The summed E-state index contributed by atoms with van der Waals surface area (Å²) in [4.78, 5) is 10.4. The van der Waals surface area contributed by atoms with E-state index in [2.05, 4.69) is 10.3 Å². The molecule has 2 aromatic heterocycles. The van der Waals surface area contributed by atoms with Crippen LogP contribution >= 0.6 is 0 Å². The number of rotatable bonds is 1. The van der Waals surface area contributed by atoms with Crippen molar-refractivity contribution in [2.45, 2.75) is 0 Å². The molecule has 2 heterocycles. The number of carbonyl (C=O) groups excluding carboxylic acids is 1. The highest BCUT2D eigenvalue weighted by Gasteiger charge is 2.03. The van der Waals surface area contributed by atoms with Gasteiger partial charge in [-0.3, -0.25) is 4.79 Å². The number of pyridine rings is 1. The minimum absolute atomic E-state index is 0.218.